The van der Waals surface area contributed by atoms with Gasteiger partial charge in [-0.3, -0.25) is 4.90 Å². The summed E-state index contributed by atoms with van der Waals surface area (Å²) in [5.41, 5.74) is 0.184. The fourth-order valence-electron chi connectivity index (χ4n) is 4.08. The molecule has 3 aliphatic rings. The van der Waals surface area contributed by atoms with Gasteiger partial charge in [0.1, 0.15) is 0 Å². The summed E-state index contributed by atoms with van der Waals surface area (Å²) in [7, 11) is 0. The van der Waals surface area contributed by atoms with Gasteiger partial charge in [-0.05, 0) is 51.1 Å². The Morgan fingerprint density at radius 2 is 1.65 bits per heavy atom. The monoisotopic (exact) mass is 237 g/mol. The van der Waals surface area contributed by atoms with Crippen LogP contribution in [-0.2, 0) is 0 Å². The molecular weight excluding hydrogens is 210 g/mol. The third-order valence-electron chi connectivity index (χ3n) is 5.33. The number of rotatable bonds is 4. The summed E-state index contributed by atoms with van der Waals surface area (Å²) in [6.45, 7) is 2.48. The van der Waals surface area contributed by atoms with Crippen molar-refractivity contribution < 1.29 is 5.11 Å². The van der Waals surface area contributed by atoms with E-state index in [9.17, 15) is 5.11 Å². The number of aliphatic hydroxyl groups excluding tert-OH is 1. The van der Waals surface area contributed by atoms with E-state index in [0.29, 0.717) is 0 Å². The summed E-state index contributed by atoms with van der Waals surface area (Å²) in [5, 5.41) is 10.7. The molecule has 1 saturated heterocycles. The number of piperidine rings is 1. The second kappa shape index (κ2) is 4.89. The molecule has 1 atom stereocenters. The van der Waals surface area contributed by atoms with E-state index in [0.717, 1.165) is 12.3 Å². The zero-order valence-electron chi connectivity index (χ0n) is 11.0. The second-order valence-electron chi connectivity index (χ2n) is 6.55. The van der Waals surface area contributed by atoms with Crippen molar-refractivity contribution in [2.24, 2.45) is 5.92 Å². The minimum absolute atomic E-state index is 0.0457. The van der Waals surface area contributed by atoms with Gasteiger partial charge >= 0.3 is 0 Å². The highest BCUT2D eigenvalue weighted by Crippen LogP contribution is 2.44. The molecule has 1 aliphatic heterocycles. The van der Waals surface area contributed by atoms with E-state index in [-0.39, 0.29) is 11.6 Å². The van der Waals surface area contributed by atoms with Crippen molar-refractivity contribution in [1.29, 1.82) is 0 Å². The van der Waals surface area contributed by atoms with E-state index in [4.69, 9.17) is 0 Å². The quantitative estimate of drug-likeness (QED) is 0.812. The van der Waals surface area contributed by atoms with Gasteiger partial charge in [0.25, 0.3) is 0 Å². The molecule has 0 aromatic rings. The molecule has 0 aromatic carbocycles. The molecule has 0 spiro atoms. The van der Waals surface area contributed by atoms with Crippen LogP contribution in [0.25, 0.3) is 0 Å². The van der Waals surface area contributed by atoms with E-state index >= 15 is 0 Å². The molecule has 98 valence electrons. The number of aliphatic hydroxyl groups is 1. The van der Waals surface area contributed by atoms with E-state index in [1.165, 1.54) is 70.9 Å². The third-order valence-corrected chi connectivity index (χ3v) is 5.33. The number of nitrogens with zero attached hydrogens (tertiary/aromatic N) is 1. The van der Waals surface area contributed by atoms with E-state index in [2.05, 4.69) is 4.90 Å². The maximum atomic E-state index is 10.7. The van der Waals surface area contributed by atoms with Crippen molar-refractivity contribution in [3.8, 4) is 0 Å². The molecule has 2 aliphatic carbocycles. The smallest absolute Gasteiger partial charge is 0.0726 e. The van der Waals surface area contributed by atoms with Gasteiger partial charge in [0.2, 0.25) is 0 Å². The van der Waals surface area contributed by atoms with Gasteiger partial charge in [-0.15, -0.1) is 0 Å². The molecule has 1 heterocycles. The average Bonchev–Trinajstić information content (AvgIpc) is 3.04. The molecule has 0 amide bonds. The largest absolute Gasteiger partial charge is 0.391 e. The zero-order valence-corrected chi connectivity index (χ0v) is 11.0. The standard InChI is InChI=1S/C15H27NO/c17-14(12-13-6-7-13)15(8-2-3-9-15)16-10-4-1-5-11-16/h13-14,17H,1-12H2. The zero-order chi connectivity index (χ0) is 11.7. The van der Waals surface area contributed by atoms with Crippen molar-refractivity contribution in [2.75, 3.05) is 13.1 Å². The molecule has 1 unspecified atom stereocenters. The second-order valence-corrected chi connectivity index (χ2v) is 6.55. The first kappa shape index (κ1) is 12.0. The lowest BCUT2D eigenvalue weighted by Gasteiger charge is -2.46. The Kier molecular flexibility index (Phi) is 3.45. The van der Waals surface area contributed by atoms with Crippen molar-refractivity contribution in [1.82, 2.24) is 4.90 Å². The Morgan fingerprint density at radius 1 is 1.00 bits per heavy atom. The molecule has 2 heteroatoms. The SMILES string of the molecule is OC(CC1CC1)C1(N2CCCCC2)CCCC1. The minimum Gasteiger partial charge on any atom is -0.391 e. The average molecular weight is 237 g/mol. The first-order chi connectivity index (χ1) is 8.31. The van der Waals surface area contributed by atoms with Crippen molar-refractivity contribution in [3.05, 3.63) is 0 Å². The van der Waals surface area contributed by atoms with Gasteiger partial charge in [-0.2, -0.15) is 0 Å². The van der Waals surface area contributed by atoms with Gasteiger partial charge < -0.3 is 5.11 Å². The number of hydrogen-bond donors (Lipinski definition) is 1. The van der Waals surface area contributed by atoms with Crippen LogP contribution in [0.1, 0.15) is 64.2 Å². The summed E-state index contributed by atoms with van der Waals surface area (Å²) in [5.74, 6) is 0.854. The van der Waals surface area contributed by atoms with Crippen LogP contribution < -0.4 is 0 Å². The fraction of sp³-hybridized carbons (Fsp3) is 1.00. The Morgan fingerprint density at radius 3 is 2.24 bits per heavy atom. The molecule has 1 N–H and O–H groups in total. The molecular formula is C15H27NO. The van der Waals surface area contributed by atoms with Crippen LogP contribution in [0.15, 0.2) is 0 Å². The molecule has 0 bridgehead atoms. The van der Waals surface area contributed by atoms with Crippen LogP contribution >= 0.6 is 0 Å². The van der Waals surface area contributed by atoms with Crippen LogP contribution in [0, 0.1) is 5.92 Å². The highest BCUT2D eigenvalue weighted by atomic mass is 16.3. The van der Waals surface area contributed by atoms with Gasteiger partial charge in [0.05, 0.1) is 6.10 Å². The van der Waals surface area contributed by atoms with Crippen LogP contribution in [-0.4, -0.2) is 34.7 Å². The lowest BCUT2D eigenvalue weighted by Crippen LogP contribution is -2.56. The van der Waals surface area contributed by atoms with Crippen LogP contribution in [0.2, 0.25) is 0 Å². The van der Waals surface area contributed by atoms with Gasteiger partial charge in [0.15, 0.2) is 0 Å². The summed E-state index contributed by atoms with van der Waals surface area (Å²) in [6.07, 6.45) is 13.0. The Labute approximate surface area is 105 Å². The fourth-order valence-corrected chi connectivity index (χ4v) is 4.08. The molecule has 2 saturated carbocycles. The summed E-state index contributed by atoms with van der Waals surface area (Å²) in [6, 6.07) is 0. The maximum absolute atomic E-state index is 10.7. The Bertz CT molecular complexity index is 250. The summed E-state index contributed by atoms with van der Waals surface area (Å²) >= 11 is 0. The van der Waals surface area contributed by atoms with E-state index in [1.54, 1.807) is 0 Å². The highest BCUT2D eigenvalue weighted by Gasteiger charge is 2.46. The molecule has 0 aromatic heterocycles. The predicted molar refractivity (Wildman–Crippen MR) is 70.0 cm³/mol. The van der Waals surface area contributed by atoms with E-state index < -0.39 is 0 Å². The number of likely N-dealkylation sites (tertiary alicyclic amines) is 1. The maximum Gasteiger partial charge on any atom is 0.0726 e. The Balaban J connectivity index is 1.70. The lowest BCUT2D eigenvalue weighted by molar-refractivity contribution is -0.0444. The van der Waals surface area contributed by atoms with E-state index in [1.807, 2.05) is 0 Å². The van der Waals surface area contributed by atoms with Crippen LogP contribution in [0.4, 0.5) is 0 Å². The molecule has 0 radical (unpaired) electrons. The Hall–Kier alpha value is -0.0800. The van der Waals surface area contributed by atoms with Crippen molar-refractivity contribution in [3.63, 3.8) is 0 Å². The van der Waals surface area contributed by atoms with Gasteiger partial charge in [0, 0.05) is 5.54 Å². The van der Waals surface area contributed by atoms with Crippen LogP contribution in [0.3, 0.4) is 0 Å². The summed E-state index contributed by atoms with van der Waals surface area (Å²) < 4.78 is 0. The van der Waals surface area contributed by atoms with Crippen LogP contribution in [0.5, 0.6) is 0 Å². The number of hydrogen-bond acceptors (Lipinski definition) is 2. The highest BCUT2D eigenvalue weighted by molar-refractivity contribution is 5.02. The van der Waals surface area contributed by atoms with Gasteiger partial charge in [-0.25, -0.2) is 0 Å². The molecule has 3 rings (SSSR count). The minimum atomic E-state index is -0.0457. The first-order valence-corrected chi connectivity index (χ1v) is 7.74. The first-order valence-electron chi connectivity index (χ1n) is 7.74. The normalized spacial score (nSPS) is 31.6. The summed E-state index contributed by atoms with van der Waals surface area (Å²) in [4.78, 5) is 2.66. The van der Waals surface area contributed by atoms with Crippen molar-refractivity contribution in [2.45, 2.75) is 75.9 Å². The third kappa shape index (κ3) is 2.39. The molecule has 3 fully saturated rings. The topological polar surface area (TPSA) is 23.5 Å². The molecule has 2 nitrogen and oxygen atoms in total. The predicted octanol–water partition coefficient (Wildman–Crippen LogP) is 2.95. The lowest BCUT2D eigenvalue weighted by atomic mass is 9.84. The van der Waals surface area contributed by atoms with Crippen molar-refractivity contribution >= 4 is 0 Å². The van der Waals surface area contributed by atoms with Gasteiger partial charge in [-0.1, -0.05) is 32.1 Å². The molecule has 17 heavy (non-hydrogen) atoms.